The van der Waals surface area contributed by atoms with Crippen LogP contribution in [0.1, 0.15) is 72.1 Å². The van der Waals surface area contributed by atoms with Crippen LogP contribution in [0.2, 0.25) is 0 Å². The molecule has 3 saturated carbocycles. The molecule has 0 aromatic rings. The number of quaternary nitrogens is 1. The largest absolute Gasteiger partial charge is 0.522 e. The molecular weight excluding hydrogens is 561 g/mol. The van der Waals surface area contributed by atoms with Gasteiger partial charge >= 0.3 is 12.5 Å². The molecule has 1 amide bonds. The highest BCUT2D eigenvalue weighted by Crippen LogP contribution is 2.66. The van der Waals surface area contributed by atoms with E-state index in [1.54, 1.807) is 0 Å². The molecule has 6 atom stereocenters. The van der Waals surface area contributed by atoms with E-state index in [4.69, 9.17) is 4.84 Å². The van der Waals surface area contributed by atoms with Crippen molar-refractivity contribution < 1.29 is 36.8 Å². The summed E-state index contributed by atoms with van der Waals surface area (Å²) in [6.07, 6.45) is 4.42. The number of halogens is 3. The van der Waals surface area contributed by atoms with Gasteiger partial charge in [-0.1, -0.05) is 24.6 Å². The van der Waals surface area contributed by atoms with Crippen LogP contribution in [-0.2, 0) is 14.4 Å². The lowest BCUT2D eigenvalue weighted by molar-refractivity contribution is -0.869. The molecule has 4 rings (SSSR count). The van der Waals surface area contributed by atoms with Gasteiger partial charge in [-0.05, 0) is 86.5 Å². The lowest BCUT2D eigenvalue weighted by Crippen LogP contribution is -2.51. The number of carbonyl (C=O) groups is 2. The van der Waals surface area contributed by atoms with E-state index >= 15 is 0 Å². The second-order valence-electron chi connectivity index (χ2n) is 14.8. The maximum atomic E-state index is 13.0. The predicted octanol–water partition coefficient (Wildman–Crippen LogP) is 5.78. The van der Waals surface area contributed by atoms with Gasteiger partial charge in [0.05, 0.1) is 40.0 Å². The second kappa shape index (κ2) is 13.2. The fourth-order valence-electron chi connectivity index (χ4n) is 8.80. The van der Waals surface area contributed by atoms with Gasteiger partial charge in [-0.2, -0.15) is 0 Å². The van der Waals surface area contributed by atoms with E-state index in [1.165, 1.54) is 10.5 Å². The number of amides is 1. The molecule has 0 radical (unpaired) electrons. The Hall–Kier alpha value is -1.98. The van der Waals surface area contributed by atoms with Crippen molar-refractivity contribution in [3.05, 3.63) is 11.6 Å². The van der Waals surface area contributed by atoms with Crippen LogP contribution in [0.15, 0.2) is 16.8 Å². The molecule has 244 valence electrons. The van der Waals surface area contributed by atoms with Crippen LogP contribution in [0.3, 0.4) is 0 Å². The van der Waals surface area contributed by atoms with Crippen LogP contribution < -0.4 is 5.32 Å². The molecule has 0 unspecified atom stereocenters. The summed E-state index contributed by atoms with van der Waals surface area (Å²) in [5.41, 5.74) is 2.31. The molecule has 11 heteroatoms. The highest BCUT2D eigenvalue weighted by Gasteiger charge is 2.59. The van der Waals surface area contributed by atoms with Gasteiger partial charge in [-0.25, -0.2) is 4.79 Å². The summed E-state index contributed by atoms with van der Waals surface area (Å²) in [6.45, 7) is 7.91. The summed E-state index contributed by atoms with van der Waals surface area (Å²) < 4.78 is 42.4. The summed E-state index contributed by atoms with van der Waals surface area (Å²) in [5.74, 6) is 2.22. The molecule has 0 spiro atoms. The number of fused-ring (bicyclic) bond motifs is 5. The van der Waals surface area contributed by atoms with Crippen LogP contribution in [0.4, 0.5) is 18.0 Å². The van der Waals surface area contributed by atoms with Gasteiger partial charge in [0.2, 0.25) is 0 Å². The third-order valence-electron chi connectivity index (χ3n) is 11.1. The van der Waals surface area contributed by atoms with Crippen molar-refractivity contribution in [2.75, 3.05) is 60.5 Å². The summed E-state index contributed by atoms with van der Waals surface area (Å²) in [5, 5.41) is 7.52. The smallest absolute Gasteiger partial charge is 0.330 e. The summed E-state index contributed by atoms with van der Waals surface area (Å²) in [4.78, 5) is 31.7. The van der Waals surface area contributed by atoms with E-state index in [0.717, 1.165) is 61.7 Å². The SMILES string of the molecule is C/C(=N\OC(=O)N(CCNCC[N+](C)(C)C)CCOC(F)(F)F)[C@H]1CC[C@H]2[C@@H]3CCC4=CC(=O)CC[C@]4(C)[C@H]3CC[C@]12C. The number of alkyl halides is 3. The average Bonchev–Trinajstić information content (AvgIpc) is 3.27. The number of hydrogen-bond donors (Lipinski definition) is 1. The standard InChI is InChI=1S/C32H52F3N4O4/c1-22(37-43-29(41)38(18-20-42-32(33,34)35)17-15-36-16-19-39(4,5)6)26-9-10-27-25-8-7-23-21-24(40)11-13-30(23,2)28(25)12-14-31(26,27)3/h21,25-28,36H,7-20H2,1-6H3/q+1/b37-22+/t25-,26+,27-,28-,30-,31+/m0/s1. The van der Waals surface area contributed by atoms with E-state index in [1.807, 2.05) is 13.0 Å². The van der Waals surface area contributed by atoms with E-state index < -0.39 is 19.1 Å². The van der Waals surface area contributed by atoms with Gasteiger partial charge < -0.3 is 14.7 Å². The van der Waals surface area contributed by atoms with E-state index in [2.05, 4.69) is 50.2 Å². The van der Waals surface area contributed by atoms with Crippen molar-refractivity contribution >= 4 is 17.6 Å². The van der Waals surface area contributed by atoms with Crippen molar-refractivity contribution in [3.8, 4) is 0 Å². The van der Waals surface area contributed by atoms with Crippen LogP contribution in [-0.4, -0.2) is 93.8 Å². The van der Waals surface area contributed by atoms with Gasteiger partial charge in [0, 0.05) is 38.5 Å². The molecular formula is C32H52F3N4O4+. The Kier molecular flexibility index (Phi) is 10.4. The lowest BCUT2D eigenvalue weighted by atomic mass is 9.46. The minimum absolute atomic E-state index is 0.0545. The zero-order valence-corrected chi connectivity index (χ0v) is 26.9. The predicted molar refractivity (Wildman–Crippen MR) is 159 cm³/mol. The number of ketones is 1. The third kappa shape index (κ3) is 8.00. The Labute approximate surface area is 255 Å². The topological polar surface area (TPSA) is 80.2 Å². The Bertz CT molecular complexity index is 1090. The number of nitrogens with one attached hydrogen (secondary N) is 1. The van der Waals surface area contributed by atoms with Crippen molar-refractivity contribution in [1.82, 2.24) is 10.2 Å². The van der Waals surface area contributed by atoms with Crippen LogP contribution in [0.5, 0.6) is 0 Å². The Morgan fingerprint density at radius 2 is 1.81 bits per heavy atom. The first-order valence-corrected chi connectivity index (χ1v) is 16.0. The van der Waals surface area contributed by atoms with Gasteiger partial charge in [0.25, 0.3) is 0 Å². The zero-order chi connectivity index (χ0) is 31.6. The maximum absolute atomic E-state index is 13.0. The molecule has 3 fully saturated rings. The molecule has 8 nitrogen and oxygen atoms in total. The normalized spacial score (nSPS) is 32.9. The summed E-state index contributed by atoms with van der Waals surface area (Å²) in [6, 6.07) is 0. The van der Waals surface area contributed by atoms with Gasteiger partial charge in [-0.3, -0.25) is 14.4 Å². The Morgan fingerprint density at radius 3 is 2.51 bits per heavy atom. The fraction of sp³-hybridized carbons (Fsp3) is 0.844. The zero-order valence-electron chi connectivity index (χ0n) is 26.9. The highest BCUT2D eigenvalue weighted by molar-refractivity contribution is 5.91. The second-order valence-corrected chi connectivity index (χ2v) is 14.8. The molecule has 43 heavy (non-hydrogen) atoms. The Balaban J connectivity index is 1.37. The summed E-state index contributed by atoms with van der Waals surface area (Å²) in [7, 11) is 6.21. The molecule has 4 aliphatic carbocycles. The average molecular weight is 614 g/mol. The van der Waals surface area contributed by atoms with Crippen LogP contribution >= 0.6 is 0 Å². The van der Waals surface area contributed by atoms with E-state index in [0.29, 0.717) is 37.3 Å². The first kappa shape index (κ1) is 33.9. The molecule has 1 N–H and O–H groups in total. The molecule has 0 aliphatic heterocycles. The number of likely N-dealkylation sites (N-methyl/N-ethyl adjacent to an activating group) is 1. The van der Waals surface area contributed by atoms with E-state index in [-0.39, 0.29) is 35.6 Å². The first-order valence-electron chi connectivity index (χ1n) is 16.0. The third-order valence-corrected chi connectivity index (χ3v) is 11.1. The highest BCUT2D eigenvalue weighted by atomic mass is 19.4. The number of oxime groups is 1. The molecule has 4 aliphatic rings. The number of rotatable bonds is 11. The van der Waals surface area contributed by atoms with E-state index in [9.17, 15) is 22.8 Å². The lowest BCUT2D eigenvalue weighted by Gasteiger charge is -2.58. The number of ether oxygens (including phenoxy) is 1. The van der Waals surface area contributed by atoms with Crippen molar-refractivity contribution in [1.29, 1.82) is 0 Å². The minimum Gasteiger partial charge on any atom is -0.330 e. The number of carbonyl (C=O) groups excluding carboxylic acids is 2. The van der Waals surface area contributed by atoms with Crippen molar-refractivity contribution in [3.63, 3.8) is 0 Å². The van der Waals surface area contributed by atoms with Crippen LogP contribution in [0, 0.1) is 34.5 Å². The quantitative estimate of drug-likeness (QED) is 0.105. The monoisotopic (exact) mass is 613 g/mol. The van der Waals surface area contributed by atoms with Gasteiger partial charge in [-0.15, -0.1) is 13.2 Å². The Morgan fingerprint density at radius 1 is 1.07 bits per heavy atom. The number of hydrogen-bond acceptors (Lipinski definition) is 6. The summed E-state index contributed by atoms with van der Waals surface area (Å²) >= 11 is 0. The maximum Gasteiger partial charge on any atom is 0.522 e. The fourth-order valence-corrected chi connectivity index (χ4v) is 8.80. The molecule has 0 bridgehead atoms. The number of allylic oxidation sites excluding steroid dienone is 1. The van der Waals surface area contributed by atoms with Crippen LogP contribution in [0.25, 0.3) is 0 Å². The van der Waals surface area contributed by atoms with Crippen molar-refractivity contribution in [2.45, 2.75) is 78.5 Å². The van der Waals surface area contributed by atoms with Gasteiger partial charge in [0.1, 0.15) is 0 Å². The van der Waals surface area contributed by atoms with Crippen molar-refractivity contribution in [2.24, 2.45) is 39.7 Å². The first-order chi connectivity index (χ1) is 20.0. The molecule has 0 aromatic carbocycles. The molecule has 0 aromatic heterocycles. The minimum atomic E-state index is -4.76. The molecule has 0 heterocycles. The number of nitrogens with zero attached hydrogens (tertiary/aromatic N) is 3. The van der Waals surface area contributed by atoms with Gasteiger partial charge in [0.15, 0.2) is 5.78 Å². The molecule has 0 saturated heterocycles.